The molecule has 2 unspecified atom stereocenters. The number of aliphatic carboxylic acids is 1. The normalized spacial score (nSPS) is 16.6. The Hall–Kier alpha value is -2.74. The number of nitrogens with zero attached hydrogens (tertiary/aromatic N) is 2. The van der Waals surface area contributed by atoms with Gasteiger partial charge in [0.25, 0.3) is 0 Å². The molecule has 3 aromatic rings. The summed E-state index contributed by atoms with van der Waals surface area (Å²) in [5, 5.41) is 9.57. The lowest BCUT2D eigenvalue weighted by Crippen LogP contribution is -2.21. The molecular weight excluding hydrogens is 514 g/mol. The first-order valence-electron chi connectivity index (χ1n) is 13.5. The zero-order valence-electron chi connectivity index (χ0n) is 23.2. The molecule has 0 saturated carbocycles. The zero-order chi connectivity index (χ0) is 28.1. The van der Waals surface area contributed by atoms with Gasteiger partial charge in [-0.25, -0.2) is 13.1 Å². The maximum Gasteiger partial charge on any atom is 0.304 e. The summed E-state index contributed by atoms with van der Waals surface area (Å²) in [5.41, 5.74) is 5.88. The van der Waals surface area contributed by atoms with Gasteiger partial charge in [-0.3, -0.25) is 4.79 Å². The van der Waals surface area contributed by atoms with Crippen LogP contribution in [0.2, 0.25) is 0 Å². The number of carboxylic acids is 1. The predicted molar refractivity (Wildman–Crippen MR) is 154 cm³/mol. The van der Waals surface area contributed by atoms with E-state index >= 15 is 0 Å². The molecule has 0 amide bonds. The summed E-state index contributed by atoms with van der Waals surface area (Å²) < 4.78 is 30.6. The number of benzene rings is 3. The van der Waals surface area contributed by atoms with Crippen molar-refractivity contribution in [3.63, 3.8) is 0 Å². The van der Waals surface area contributed by atoms with Crippen molar-refractivity contribution < 1.29 is 18.7 Å². The van der Waals surface area contributed by atoms with Crippen LogP contribution in [-0.2, 0) is 24.2 Å². The van der Waals surface area contributed by atoms with Crippen molar-refractivity contribution in [2.45, 2.75) is 56.9 Å². The molecule has 0 aliphatic carbocycles. The molecule has 0 bridgehead atoms. The Bertz CT molecular complexity index is 1310. The first-order chi connectivity index (χ1) is 18.6. The smallest absolute Gasteiger partial charge is 0.304 e. The van der Waals surface area contributed by atoms with E-state index in [0.717, 1.165) is 55.1 Å². The highest BCUT2D eigenvalue weighted by atomic mass is 32.2. The molecule has 1 heterocycles. The van der Waals surface area contributed by atoms with Gasteiger partial charge in [0.05, 0.1) is 6.42 Å². The van der Waals surface area contributed by atoms with Crippen molar-refractivity contribution in [3.8, 4) is 0 Å². The highest BCUT2D eigenvalue weighted by Gasteiger charge is 2.24. The fraction of sp³-hybridized carbons (Fsp3) is 0.406. The van der Waals surface area contributed by atoms with Gasteiger partial charge in [-0.15, -0.1) is 0 Å². The van der Waals surface area contributed by atoms with Crippen molar-refractivity contribution in [2.24, 2.45) is 5.92 Å². The van der Waals surface area contributed by atoms with Crippen LogP contribution < -0.4 is 0 Å². The lowest BCUT2D eigenvalue weighted by Gasteiger charge is -2.24. The fourth-order valence-corrected chi connectivity index (χ4v) is 6.53. The zero-order valence-corrected chi connectivity index (χ0v) is 24.0. The number of hydrogen-bond acceptors (Lipinski definition) is 4. The summed E-state index contributed by atoms with van der Waals surface area (Å²) in [5.74, 6) is -2.65. The van der Waals surface area contributed by atoms with E-state index in [4.69, 9.17) is 0 Å². The summed E-state index contributed by atoms with van der Waals surface area (Å²) in [6.45, 7) is 7.01. The average molecular weight is 553 g/mol. The minimum absolute atomic E-state index is 0.196. The van der Waals surface area contributed by atoms with E-state index in [9.17, 15) is 18.7 Å². The Balaban J connectivity index is 1.56. The summed E-state index contributed by atoms with van der Waals surface area (Å²) >= 11 is 1.78. The number of rotatable bonds is 10. The molecule has 39 heavy (non-hydrogen) atoms. The van der Waals surface area contributed by atoms with Crippen molar-refractivity contribution >= 4 is 17.9 Å². The molecule has 1 aliphatic rings. The van der Waals surface area contributed by atoms with E-state index in [0.29, 0.717) is 12.5 Å². The Morgan fingerprint density at radius 3 is 2.64 bits per heavy atom. The van der Waals surface area contributed by atoms with Crippen molar-refractivity contribution in [2.75, 3.05) is 27.2 Å². The standard InChI is InChI=1S/C32H38F2N2O2S/c1-21-14-25-15-23(6-5-13-35(3)4)8-12-31(25)39-36(19-21)20-26-16-24(9-7-22(26)2)29(18-32(37)38)28-11-10-27(33)17-30(28)34/h7-12,15-17,21,29H,5-6,13-14,18-20H2,1-4H3,(H,37,38). The molecule has 2 atom stereocenters. The van der Waals surface area contributed by atoms with Crippen LogP contribution in [0.5, 0.6) is 0 Å². The second-order valence-electron chi connectivity index (χ2n) is 11.1. The van der Waals surface area contributed by atoms with E-state index in [2.05, 4.69) is 48.4 Å². The fourth-order valence-electron chi connectivity index (χ4n) is 5.33. The van der Waals surface area contributed by atoms with E-state index in [1.54, 1.807) is 11.9 Å². The molecule has 0 radical (unpaired) electrons. The van der Waals surface area contributed by atoms with Gasteiger partial charge in [0.1, 0.15) is 11.6 Å². The molecule has 0 saturated heterocycles. The minimum Gasteiger partial charge on any atom is -0.481 e. The van der Waals surface area contributed by atoms with Crippen LogP contribution in [0, 0.1) is 24.5 Å². The second kappa shape index (κ2) is 13.1. The number of fused-ring (bicyclic) bond motifs is 1. The third-order valence-corrected chi connectivity index (χ3v) is 8.48. The summed E-state index contributed by atoms with van der Waals surface area (Å²) in [7, 11) is 4.21. The molecule has 1 N–H and O–H groups in total. The van der Waals surface area contributed by atoms with Gasteiger partial charge in [0.15, 0.2) is 0 Å². The maximum absolute atomic E-state index is 14.7. The minimum atomic E-state index is -1.03. The number of carbonyl (C=O) groups is 1. The Labute approximate surface area is 235 Å². The highest BCUT2D eigenvalue weighted by molar-refractivity contribution is 7.97. The third kappa shape index (κ3) is 7.90. The van der Waals surface area contributed by atoms with E-state index < -0.39 is 23.5 Å². The molecule has 0 fully saturated rings. The first-order valence-corrected chi connectivity index (χ1v) is 14.3. The van der Waals surface area contributed by atoms with Crippen LogP contribution in [0.4, 0.5) is 8.78 Å². The predicted octanol–water partition coefficient (Wildman–Crippen LogP) is 7.08. The van der Waals surface area contributed by atoms with Crippen LogP contribution in [0.1, 0.15) is 59.1 Å². The summed E-state index contributed by atoms with van der Waals surface area (Å²) in [4.78, 5) is 15.2. The monoisotopic (exact) mass is 552 g/mol. The van der Waals surface area contributed by atoms with E-state index in [1.807, 2.05) is 25.1 Å². The molecule has 208 valence electrons. The summed E-state index contributed by atoms with van der Waals surface area (Å²) in [6.07, 6.45) is 2.97. The van der Waals surface area contributed by atoms with Crippen molar-refractivity contribution in [1.29, 1.82) is 0 Å². The molecule has 4 rings (SSSR count). The molecule has 3 aromatic carbocycles. The quantitative estimate of drug-likeness (QED) is 0.273. The van der Waals surface area contributed by atoms with Crippen LogP contribution in [0.3, 0.4) is 0 Å². The van der Waals surface area contributed by atoms with Crippen LogP contribution in [0.15, 0.2) is 59.5 Å². The number of halogens is 2. The second-order valence-corrected chi connectivity index (χ2v) is 12.2. The first kappa shape index (κ1) is 29.2. The Morgan fingerprint density at radius 2 is 1.92 bits per heavy atom. The van der Waals surface area contributed by atoms with E-state index in [-0.39, 0.29) is 12.0 Å². The molecule has 4 nitrogen and oxygen atoms in total. The lowest BCUT2D eigenvalue weighted by atomic mass is 9.86. The lowest BCUT2D eigenvalue weighted by molar-refractivity contribution is -0.137. The Morgan fingerprint density at radius 1 is 1.13 bits per heavy atom. The van der Waals surface area contributed by atoms with Crippen LogP contribution >= 0.6 is 11.9 Å². The Kier molecular flexibility index (Phi) is 9.81. The maximum atomic E-state index is 14.7. The molecule has 1 aliphatic heterocycles. The van der Waals surface area contributed by atoms with Crippen molar-refractivity contribution in [1.82, 2.24) is 9.21 Å². The van der Waals surface area contributed by atoms with Crippen molar-refractivity contribution in [3.05, 3.63) is 99.6 Å². The average Bonchev–Trinajstić information content (AvgIpc) is 3.01. The van der Waals surface area contributed by atoms with Crippen LogP contribution in [-0.4, -0.2) is 47.5 Å². The van der Waals surface area contributed by atoms with Gasteiger partial charge in [-0.1, -0.05) is 43.3 Å². The molecule has 7 heteroatoms. The largest absolute Gasteiger partial charge is 0.481 e. The van der Waals surface area contributed by atoms with Gasteiger partial charge >= 0.3 is 5.97 Å². The third-order valence-electron chi connectivity index (χ3n) is 7.35. The van der Waals surface area contributed by atoms with Crippen LogP contribution in [0.25, 0.3) is 0 Å². The molecule has 0 spiro atoms. The number of hydrogen-bond donors (Lipinski definition) is 1. The SMILES string of the molecule is Cc1ccc(C(CC(=O)O)c2ccc(F)cc2F)cc1CN1CC(C)Cc2cc(CCCN(C)C)ccc2S1. The van der Waals surface area contributed by atoms with Gasteiger partial charge < -0.3 is 10.0 Å². The van der Waals surface area contributed by atoms with Gasteiger partial charge in [0.2, 0.25) is 0 Å². The number of carboxylic acid groups (broad SMARTS) is 1. The number of aryl methyl sites for hydroxylation is 2. The molecular formula is C32H38F2N2O2S. The highest BCUT2D eigenvalue weighted by Crippen LogP contribution is 2.36. The van der Waals surface area contributed by atoms with Gasteiger partial charge in [-0.05, 0) is 110 Å². The molecule has 0 aromatic heterocycles. The van der Waals surface area contributed by atoms with Gasteiger partial charge in [0, 0.05) is 30.0 Å². The summed E-state index contributed by atoms with van der Waals surface area (Å²) in [6, 6.07) is 16.1. The topological polar surface area (TPSA) is 43.8 Å². The van der Waals surface area contributed by atoms with E-state index in [1.165, 1.54) is 28.2 Å². The van der Waals surface area contributed by atoms with Gasteiger partial charge in [-0.2, -0.15) is 0 Å².